The van der Waals surface area contributed by atoms with Gasteiger partial charge in [-0.3, -0.25) is 14.4 Å². The predicted octanol–water partition coefficient (Wildman–Crippen LogP) is 5.16. The highest BCUT2D eigenvalue weighted by Gasteiger charge is 2.27. The van der Waals surface area contributed by atoms with Crippen molar-refractivity contribution >= 4 is 52.5 Å². The molecule has 0 spiro atoms. The number of rotatable bonds is 9. The standard InChI is InChI=1S/C27H24Cl2N2O5/c1-16(2)24(31-26(34)19-10-6-7-11-21(19)29)27(35)36-15-23(32)30-22-13-12-18(28)14-20(22)25(33)17-8-4-3-5-9-17/h3-14,16,24H,15H2,1-2H3,(H,30,32)(H,31,34). The molecule has 0 aliphatic carbocycles. The number of hydrogen-bond donors (Lipinski definition) is 2. The Morgan fingerprint density at radius 1 is 0.861 bits per heavy atom. The normalized spacial score (nSPS) is 11.5. The summed E-state index contributed by atoms with van der Waals surface area (Å²) in [5, 5.41) is 5.76. The molecule has 0 aromatic heterocycles. The van der Waals surface area contributed by atoms with Gasteiger partial charge in [-0.15, -0.1) is 0 Å². The fourth-order valence-electron chi connectivity index (χ4n) is 3.33. The average Bonchev–Trinajstić information content (AvgIpc) is 2.87. The Balaban J connectivity index is 1.66. The van der Waals surface area contributed by atoms with E-state index in [9.17, 15) is 19.2 Å². The van der Waals surface area contributed by atoms with E-state index in [1.807, 2.05) is 0 Å². The second kappa shape index (κ2) is 12.3. The van der Waals surface area contributed by atoms with Gasteiger partial charge in [-0.1, -0.05) is 79.5 Å². The zero-order chi connectivity index (χ0) is 26.2. The average molecular weight is 527 g/mol. The van der Waals surface area contributed by atoms with Crippen LogP contribution in [0.4, 0.5) is 5.69 Å². The lowest BCUT2D eigenvalue weighted by Crippen LogP contribution is -2.46. The van der Waals surface area contributed by atoms with E-state index in [-0.39, 0.29) is 33.5 Å². The SMILES string of the molecule is CC(C)C(NC(=O)c1ccccc1Cl)C(=O)OCC(=O)Nc1ccc(Cl)cc1C(=O)c1ccccc1. The van der Waals surface area contributed by atoms with Crippen molar-refractivity contribution in [2.24, 2.45) is 5.92 Å². The maximum Gasteiger partial charge on any atom is 0.329 e. The molecule has 7 nitrogen and oxygen atoms in total. The van der Waals surface area contributed by atoms with Crippen LogP contribution in [-0.2, 0) is 14.3 Å². The molecule has 3 aromatic carbocycles. The van der Waals surface area contributed by atoms with E-state index in [4.69, 9.17) is 27.9 Å². The van der Waals surface area contributed by atoms with Crippen molar-refractivity contribution in [3.05, 3.63) is 99.5 Å². The highest BCUT2D eigenvalue weighted by Crippen LogP contribution is 2.24. The molecule has 1 atom stereocenters. The van der Waals surface area contributed by atoms with Crippen LogP contribution in [0, 0.1) is 5.92 Å². The Bertz CT molecular complexity index is 1280. The Hall–Kier alpha value is -3.68. The molecule has 3 aromatic rings. The zero-order valence-corrected chi connectivity index (χ0v) is 21.1. The lowest BCUT2D eigenvalue weighted by Gasteiger charge is -2.21. The minimum absolute atomic E-state index is 0.195. The lowest BCUT2D eigenvalue weighted by atomic mass is 10.0. The molecule has 0 radical (unpaired) electrons. The summed E-state index contributed by atoms with van der Waals surface area (Å²) in [5.74, 6) is -2.62. The van der Waals surface area contributed by atoms with Crippen LogP contribution in [-0.4, -0.2) is 36.2 Å². The summed E-state index contributed by atoms with van der Waals surface area (Å²) < 4.78 is 5.17. The molecular weight excluding hydrogens is 503 g/mol. The molecule has 0 saturated heterocycles. The van der Waals surface area contributed by atoms with E-state index in [0.717, 1.165) is 0 Å². The minimum Gasteiger partial charge on any atom is -0.454 e. The van der Waals surface area contributed by atoms with Crippen LogP contribution >= 0.6 is 23.2 Å². The van der Waals surface area contributed by atoms with Gasteiger partial charge in [-0.05, 0) is 36.2 Å². The molecule has 9 heteroatoms. The summed E-state index contributed by atoms with van der Waals surface area (Å²) >= 11 is 12.1. The Kier molecular flexibility index (Phi) is 9.22. The summed E-state index contributed by atoms with van der Waals surface area (Å²) in [4.78, 5) is 50.7. The number of ether oxygens (including phenoxy) is 1. The molecule has 2 N–H and O–H groups in total. The van der Waals surface area contributed by atoms with E-state index in [1.165, 1.54) is 24.3 Å². The second-order valence-electron chi connectivity index (χ2n) is 8.22. The predicted molar refractivity (Wildman–Crippen MR) is 138 cm³/mol. The van der Waals surface area contributed by atoms with E-state index >= 15 is 0 Å². The van der Waals surface area contributed by atoms with Gasteiger partial charge < -0.3 is 15.4 Å². The first-order chi connectivity index (χ1) is 17.2. The van der Waals surface area contributed by atoms with Gasteiger partial charge in [0.2, 0.25) is 0 Å². The number of esters is 1. The number of ketones is 1. The maximum absolute atomic E-state index is 12.9. The fraction of sp³-hybridized carbons (Fsp3) is 0.185. The van der Waals surface area contributed by atoms with Crippen molar-refractivity contribution in [3.63, 3.8) is 0 Å². The lowest BCUT2D eigenvalue weighted by molar-refractivity contribution is -0.150. The summed E-state index contributed by atoms with van der Waals surface area (Å²) in [6, 6.07) is 18.5. The van der Waals surface area contributed by atoms with Crippen LogP contribution < -0.4 is 10.6 Å². The monoisotopic (exact) mass is 526 g/mol. The fourth-order valence-corrected chi connectivity index (χ4v) is 3.73. The molecule has 0 heterocycles. The molecule has 2 amide bonds. The summed E-state index contributed by atoms with van der Waals surface area (Å²) in [6.07, 6.45) is 0. The first-order valence-corrected chi connectivity index (χ1v) is 11.8. The Labute approximate surface area is 218 Å². The molecule has 1 unspecified atom stereocenters. The van der Waals surface area contributed by atoms with Crippen molar-refractivity contribution in [1.82, 2.24) is 5.32 Å². The zero-order valence-electron chi connectivity index (χ0n) is 19.6. The van der Waals surface area contributed by atoms with Gasteiger partial charge in [0, 0.05) is 16.1 Å². The van der Waals surface area contributed by atoms with Crippen LogP contribution in [0.5, 0.6) is 0 Å². The molecule has 0 saturated carbocycles. The van der Waals surface area contributed by atoms with Gasteiger partial charge in [0.1, 0.15) is 6.04 Å². The third-order valence-electron chi connectivity index (χ3n) is 5.21. The molecule has 0 bridgehead atoms. The molecule has 0 aliphatic rings. The first kappa shape index (κ1) is 26.9. The van der Waals surface area contributed by atoms with Crippen LogP contribution in [0.25, 0.3) is 0 Å². The van der Waals surface area contributed by atoms with E-state index < -0.39 is 30.4 Å². The number of carbonyl (C=O) groups is 4. The van der Waals surface area contributed by atoms with Gasteiger partial charge in [0.15, 0.2) is 12.4 Å². The summed E-state index contributed by atoms with van der Waals surface area (Å²) in [6.45, 7) is 2.84. The number of hydrogen-bond acceptors (Lipinski definition) is 5. The number of carbonyl (C=O) groups excluding carboxylic acids is 4. The summed E-state index contributed by atoms with van der Waals surface area (Å²) in [7, 11) is 0. The van der Waals surface area contributed by atoms with Gasteiger partial charge >= 0.3 is 5.97 Å². The molecule has 0 fully saturated rings. The van der Waals surface area contributed by atoms with Crippen molar-refractivity contribution in [2.75, 3.05) is 11.9 Å². The molecule has 0 aliphatic heterocycles. The third-order valence-corrected chi connectivity index (χ3v) is 5.77. The maximum atomic E-state index is 12.9. The number of nitrogens with one attached hydrogen (secondary N) is 2. The summed E-state index contributed by atoms with van der Waals surface area (Å²) in [5.41, 5.74) is 1.06. The quantitative estimate of drug-likeness (QED) is 0.296. The molecule has 3 rings (SSSR count). The van der Waals surface area contributed by atoms with Crippen LogP contribution in [0.3, 0.4) is 0 Å². The molecule has 36 heavy (non-hydrogen) atoms. The van der Waals surface area contributed by atoms with Crippen molar-refractivity contribution < 1.29 is 23.9 Å². The second-order valence-corrected chi connectivity index (χ2v) is 9.06. The van der Waals surface area contributed by atoms with Gasteiger partial charge in [0.05, 0.1) is 16.3 Å². The minimum atomic E-state index is -1.01. The third kappa shape index (κ3) is 6.93. The van der Waals surface area contributed by atoms with Crippen molar-refractivity contribution in [3.8, 4) is 0 Å². The van der Waals surface area contributed by atoms with E-state index in [1.54, 1.807) is 62.4 Å². The topological polar surface area (TPSA) is 102 Å². The van der Waals surface area contributed by atoms with Gasteiger partial charge in [-0.25, -0.2) is 4.79 Å². The first-order valence-electron chi connectivity index (χ1n) is 11.1. The Morgan fingerprint density at radius 3 is 2.19 bits per heavy atom. The molecular formula is C27H24Cl2N2O5. The van der Waals surface area contributed by atoms with Crippen LogP contribution in [0.1, 0.15) is 40.1 Å². The van der Waals surface area contributed by atoms with Gasteiger partial charge in [-0.2, -0.15) is 0 Å². The number of anilines is 1. The van der Waals surface area contributed by atoms with Crippen molar-refractivity contribution in [1.29, 1.82) is 0 Å². The Morgan fingerprint density at radius 2 is 1.53 bits per heavy atom. The largest absolute Gasteiger partial charge is 0.454 e. The van der Waals surface area contributed by atoms with Gasteiger partial charge in [0.25, 0.3) is 11.8 Å². The number of benzene rings is 3. The van der Waals surface area contributed by atoms with Crippen molar-refractivity contribution in [2.45, 2.75) is 19.9 Å². The smallest absolute Gasteiger partial charge is 0.329 e. The number of halogens is 2. The highest BCUT2D eigenvalue weighted by atomic mass is 35.5. The van der Waals surface area contributed by atoms with Crippen LogP contribution in [0.15, 0.2) is 72.8 Å². The van der Waals surface area contributed by atoms with Crippen LogP contribution in [0.2, 0.25) is 10.0 Å². The van der Waals surface area contributed by atoms with E-state index in [0.29, 0.717) is 10.6 Å². The highest BCUT2D eigenvalue weighted by molar-refractivity contribution is 6.34. The number of amides is 2. The molecule has 186 valence electrons. The van der Waals surface area contributed by atoms with E-state index in [2.05, 4.69) is 10.6 Å².